The summed E-state index contributed by atoms with van der Waals surface area (Å²) < 4.78 is 37.9. The highest BCUT2D eigenvalue weighted by Crippen LogP contribution is 2.58. The highest BCUT2D eigenvalue weighted by atomic mass is 19.3. The van der Waals surface area contributed by atoms with Crippen LogP contribution in [-0.2, 0) is 13.6 Å². The van der Waals surface area contributed by atoms with E-state index < -0.39 is 6.61 Å². The number of imidazole rings is 1. The van der Waals surface area contributed by atoms with Crippen molar-refractivity contribution >= 4 is 16.9 Å². The van der Waals surface area contributed by atoms with Crippen molar-refractivity contribution in [1.82, 2.24) is 29.2 Å². The maximum atomic E-state index is 12.7. The van der Waals surface area contributed by atoms with E-state index in [0.29, 0.717) is 34.7 Å². The zero-order chi connectivity index (χ0) is 22.7. The molecule has 1 aromatic carbocycles. The summed E-state index contributed by atoms with van der Waals surface area (Å²) in [7, 11) is 1.74. The average Bonchev–Trinajstić information content (AvgIpc) is 3.20. The summed E-state index contributed by atoms with van der Waals surface area (Å²) in [6, 6.07) is 6.74. The molecule has 3 atom stereocenters. The molecule has 1 saturated heterocycles. The first-order valence-corrected chi connectivity index (χ1v) is 10.5. The van der Waals surface area contributed by atoms with Gasteiger partial charge in [-0.05, 0) is 24.0 Å². The molecule has 1 aliphatic heterocycles. The van der Waals surface area contributed by atoms with Crippen molar-refractivity contribution in [1.29, 1.82) is 0 Å². The van der Waals surface area contributed by atoms with E-state index in [2.05, 4.69) is 29.7 Å². The summed E-state index contributed by atoms with van der Waals surface area (Å²) in [6.07, 6.45) is 2.97. The van der Waals surface area contributed by atoms with E-state index in [1.807, 2.05) is 6.07 Å². The molecule has 170 valence electrons. The van der Waals surface area contributed by atoms with Crippen molar-refractivity contribution in [2.75, 3.05) is 18.0 Å². The number of piperidine rings is 1. The molecule has 0 amide bonds. The highest BCUT2D eigenvalue weighted by molar-refractivity contribution is 5.68. The van der Waals surface area contributed by atoms with Gasteiger partial charge in [-0.2, -0.15) is 13.8 Å². The van der Waals surface area contributed by atoms with E-state index in [1.54, 1.807) is 30.1 Å². The summed E-state index contributed by atoms with van der Waals surface area (Å²) in [5.74, 6) is 2.05. The Morgan fingerprint density at radius 2 is 2.00 bits per heavy atom. The Balaban J connectivity index is 1.13. The number of hydrogen-bond acceptors (Lipinski definition) is 8. The number of anilines is 1. The summed E-state index contributed by atoms with van der Waals surface area (Å²) in [4.78, 5) is 27.7. The fourth-order valence-corrected chi connectivity index (χ4v) is 4.77. The predicted octanol–water partition coefficient (Wildman–Crippen LogP) is 2.01. The standard InChI is InChI=1S/C21H19F2N7O3/c1-28-9-24-19-17(28)20(31)30(10-25-19)8-15-26-18(27-33-15)16-13-6-29(7-14(13)16)11-3-2-4-12(5-11)32-21(22)23/h2-5,9-10,13-14,16,21H,6-8H2,1H3/t13-,14+,16-. The SMILES string of the molecule is Cn1cnc2ncn(Cc3nc([C@@H]4[C@@H]5CN(c6cccc(OC(F)F)c6)C[C@@H]54)no3)c(=O)c21. The summed E-state index contributed by atoms with van der Waals surface area (Å²) in [5.41, 5.74) is 1.44. The van der Waals surface area contributed by atoms with E-state index in [9.17, 15) is 13.6 Å². The van der Waals surface area contributed by atoms with Crippen LogP contribution in [0, 0.1) is 11.8 Å². The molecule has 1 aliphatic carbocycles. The number of fused-ring (bicyclic) bond motifs is 2. The van der Waals surface area contributed by atoms with Crippen LogP contribution in [0.5, 0.6) is 5.75 Å². The van der Waals surface area contributed by atoms with Gasteiger partial charge < -0.3 is 18.7 Å². The molecule has 3 aromatic heterocycles. The fourth-order valence-electron chi connectivity index (χ4n) is 4.77. The minimum absolute atomic E-state index is 0.130. The summed E-state index contributed by atoms with van der Waals surface area (Å²) in [6.45, 7) is -1.16. The number of halogens is 2. The molecule has 0 unspecified atom stereocenters. The van der Waals surface area contributed by atoms with Crippen molar-refractivity contribution < 1.29 is 18.0 Å². The number of aryl methyl sites for hydroxylation is 1. The molecule has 2 fully saturated rings. The second-order valence-corrected chi connectivity index (χ2v) is 8.39. The van der Waals surface area contributed by atoms with Gasteiger partial charge in [-0.25, -0.2) is 9.97 Å². The van der Waals surface area contributed by atoms with Crippen molar-refractivity contribution in [2.24, 2.45) is 18.9 Å². The Morgan fingerprint density at radius 3 is 2.79 bits per heavy atom. The lowest BCUT2D eigenvalue weighted by atomic mass is 10.2. The number of benzene rings is 1. The van der Waals surface area contributed by atoms with Crippen LogP contribution in [0.2, 0.25) is 0 Å². The van der Waals surface area contributed by atoms with Gasteiger partial charge in [0.2, 0.25) is 5.89 Å². The van der Waals surface area contributed by atoms with Crippen LogP contribution < -0.4 is 15.2 Å². The van der Waals surface area contributed by atoms with Crippen molar-refractivity contribution in [3.63, 3.8) is 0 Å². The molecule has 0 N–H and O–H groups in total. The highest BCUT2D eigenvalue weighted by Gasteiger charge is 2.58. The molecular formula is C21H19F2N7O3. The van der Waals surface area contributed by atoms with Crippen molar-refractivity contribution in [3.8, 4) is 5.75 Å². The number of hydrogen-bond donors (Lipinski definition) is 0. The number of aromatic nitrogens is 6. The van der Waals surface area contributed by atoms with Gasteiger partial charge in [-0.3, -0.25) is 9.36 Å². The zero-order valence-electron chi connectivity index (χ0n) is 17.5. The summed E-state index contributed by atoms with van der Waals surface area (Å²) >= 11 is 0. The third kappa shape index (κ3) is 3.41. The Kier molecular flexibility index (Phi) is 4.42. The Bertz CT molecular complexity index is 1390. The predicted molar refractivity (Wildman–Crippen MR) is 111 cm³/mol. The number of alkyl halides is 2. The zero-order valence-corrected chi connectivity index (χ0v) is 17.5. The molecule has 33 heavy (non-hydrogen) atoms. The van der Waals surface area contributed by atoms with Crippen LogP contribution in [-0.4, -0.2) is 48.9 Å². The van der Waals surface area contributed by atoms with E-state index in [-0.39, 0.29) is 23.8 Å². The molecule has 2 aliphatic rings. The van der Waals surface area contributed by atoms with Crippen LogP contribution in [0.1, 0.15) is 17.6 Å². The molecule has 4 heterocycles. The van der Waals surface area contributed by atoms with Gasteiger partial charge in [0.05, 0.1) is 6.33 Å². The second-order valence-electron chi connectivity index (χ2n) is 8.39. The minimum atomic E-state index is -2.85. The van der Waals surface area contributed by atoms with E-state index in [0.717, 1.165) is 18.8 Å². The lowest BCUT2D eigenvalue weighted by Crippen LogP contribution is -2.24. The van der Waals surface area contributed by atoms with Gasteiger partial charge >= 0.3 is 6.61 Å². The Morgan fingerprint density at radius 1 is 1.21 bits per heavy atom. The van der Waals surface area contributed by atoms with Crippen molar-refractivity contribution in [2.45, 2.75) is 19.1 Å². The smallest absolute Gasteiger partial charge is 0.387 e. The number of rotatable bonds is 6. The molecule has 0 spiro atoms. The van der Waals surface area contributed by atoms with Crippen LogP contribution in [0.15, 0.2) is 46.2 Å². The maximum Gasteiger partial charge on any atom is 0.387 e. The Labute approximate surface area is 185 Å². The van der Waals surface area contributed by atoms with E-state index in [4.69, 9.17) is 4.52 Å². The largest absolute Gasteiger partial charge is 0.435 e. The first kappa shape index (κ1) is 19.8. The lowest BCUT2D eigenvalue weighted by molar-refractivity contribution is -0.0498. The van der Waals surface area contributed by atoms with Gasteiger partial charge in [0.25, 0.3) is 5.56 Å². The van der Waals surface area contributed by atoms with Gasteiger partial charge in [0, 0.05) is 37.8 Å². The van der Waals surface area contributed by atoms with Crippen molar-refractivity contribution in [3.05, 3.63) is 59.0 Å². The van der Waals surface area contributed by atoms with Crippen LogP contribution in [0.3, 0.4) is 0 Å². The van der Waals surface area contributed by atoms with Crippen LogP contribution >= 0.6 is 0 Å². The Hall–Kier alpha value is -3.83. The van der Waals surface area contributed by atoms with Crippen LogP contribution in [0.4, 0.5) is 14.5 Å². The van der Waals surface area contributed by atoms with Gasteiger partial charge in [-0.1, -0.05) is 11.2 Å². The number of ether oxygens (including phenoxy) is 1. The minimum Gasteiger partial charge on any atom is -0.435 e. The average molecular weight is 455 g/mol. The normalized spacial score (nSPS) is 21.7. The monoisotopic (exact) mass is 455 g/mol. The van der Waals surface area contributed by atoms with Gasteiger partial charge in [-0.15, -0.1) is 0 Å². The summed E-state index contributed by atoms with van der Waals surface area (Å²) in [5, 5.41) is 4.14. The number of nitrogens with zero attached hydrogens (tertiary/aromatic N) is 7. The molecule has 0 bridgehead atoms. The molecule has 1 saturated carbocycles. The molecule has 10 nitrogen and oxygen atoms in total. The van der Waals surface area contributed by atoms with Crippen LogP contribution in [0.25, 0.3) is 11.2 Å². The first-order valence-electron chi connectivity index (χ1n) is 10.5. The van der Waals surface area contributed by atoms with Gasteiger partial charge in [0.15, 0.2) is 17.0 Å². The quantitative estimate of drug-likeness (QED) is 0.435. The molecule has 12 heteroatoms. The molecule has 0 radical (unpaired) electrons. The molecule has 6 rings (SSSR count). The maximum absolute atomic E-state index is 12.7. The second kappa shape index (κ2) is 7.36. The first-order chi connectivity index (χ1) is 16.0. The fraction of sp³-hybridized carbons (Fsp3) is 0.381. The molecule has 4 aromatic rings. The third-order valence-corrected chi connectivity index (χ3v) is 6.39. The lowest BCUT2D eigenvalue weighted by Gasteiger charge is -2.22. The third-order valence-electron chi connectivity index (χ3n) is 6.39. The van der Waals surface area contributed by atoms with E-state index >= 15 is 0 Å². The topological polar surface area (TPSA) is 104 Å². The van der Waals surface area contributed by atoms with E-state index in [1.165, 1.54) is 17.0 Å². The molecular weight excluding hydrogens is 436 g/mol. The van der Waals surface area contributed by atoms with Gasteiger partial charge in [0.1, 0.15) is 18.6 Å².